The van der Waals surface area contributed by atoms with Crippen LogP contribution in [0, 0.1) is 13.8 Å². The van der Waals surface area contributed by atoms with Crippen molar-refractivity contribution in [2.24, 2.45) is 0 Å². The summed E-state index contributed by atoms with van der Waals surface area (Å²) in [6.07, 6.45) is 3.41. The lowest BCUT2D eigenvalue weighted by atomic mass is 10.1. The summed E-state index contributed by atoms with van der Waals surface area (Å²) in [5, 5.41) is 6.67. The molecule has 2 heterocycles. The Morgan fingerprint density at radius 3 is 2.78 bits per heavy atom. The lowest BCUT2D eigenvalue weighted by Gasteiger charge is -2.10. The Kier molecular flexibility index (Phi) is 6.43. The summed E-state index contributed by atoms with van der Waals surface area (Å²) >= 11 is 1.42. The standard InChI is InChI=1S/C24H26N2O5S/c1-13-8-9-15-17(27)12-18(31-21(15)14(13)2)22(28)26-24-20(16-6-4-7-19(16)32-24)23(29)25-10-5-11-30-3/h8-9,12H,4-7,10-11H2,1-3H3,(H,25,29)(H,26,28). The summed E-state index contributed by atoms with van der Waals surface area (Å²) in [6.45, 7) is 4.83. The fourth-order valence-corrected chi connectivity index (χ4v) is 5.25. The zero-order valence-electron chi connectivity index (χ0n) is 18.4. The number of methoxy groups -OCH3 is 1. The van der Waals surface area contributed by atoms with Gasteiger partial charge >= 0.3 is 0 Å². The van der Waals surface area contributed by atoms with Gasteiger partial charge < -0.3 is 19.8 Å². The van der Waals surface area contributed by atoms with Crippen molar-refractivity contribution < 1.29 is 18.7 Å². The van der Waals surface area contributed by atoms with E-state index in [0.717, 1.165) is 40.8 Å². The van der Waals surface area contributed by atoms with Gasteiger partial charge in [0.05, 0.1) is 10.9 Å². The SMILES string of the molecule is COCCCNC(=O)c1c(NC(=O)c2cc(=O)c3ccc(C)c(C)c3o2)sc2c1CCC2. The van der Waals surface area contributed by atoms with Gasteiger partial charge in [0.25, 0.3) is 11.8 Å². The highest BCUT2D eigenvalue weighted by atomic mass is 32.1. The van der Waals surface area contributed by atoms with Crippen LogP contribution in [0.5, 0.6) is 0 Å². The molecule has 2 N–H and O–H groups in total. The number of benzene rings is 1. The van der Waals surface area contributed by atoms with Gasteiger partial charge in [-0.15, -0.1) is 11.3 Å². The van der Waals surface area contributed by atoms with E-state index in [9.17, 15) is 14.4 Å². The second-order valence-electron chi connectivity index (χ2n) is 7.98. The number of hydrogen-bond donors (Lipinski definition) is 2. The van der Waals surface area contributed by atoms with Gasteiger partial charge in [0.2, 0.25) is 0 Å². The summed E-state index contributed by atoms with van der Waals surface area (Å²) in [7, 11) is 1.62. The molecule has 1 aliphatic rings. The van der Waals surface area contributed by atoms with Crippen molar-refractivity contribution in [3.63, 3.8) is 0 Å². The van der Waals surface area contributed by atoms with Crippen molar-refractivity contribution in [3.8, 4) is 0 Å². The van der Waals surface area contributed by atoms with Crippen LogP contribution in [0.3, 0.4) is 0 Å². The topological polar surface area (TPSA) is 97.6 Å². The molecule has 32 heavy (non-hydrogen) atoms. The van der Waals surface area contributed by atoms with E-state index in [0.29, 0.717) is 41.1 Å². The smallest absolute Gasteiger partial charge is 0.292 e. The first kappa shape index (κ1) is 22.2. The third kappa shape index (κ3) is 4.20. The number of ether oxygens (including phenoxy) is 1. The van der Waals surface area contributed by atoms with Crippen LogP contribution in [0.1, 0.15) is 55.3 Å². The van der Waals surface area contributed by atoms with Gasteiger partial charge in [-0.05, 0) is 62.3 Å². The second-order valence-corrected chi connectivity index (χ2v) is 9.08. The van der Waals surface area contributed by atoms with Crippen LogP contribution < -0.4 is 16.1 Å². The van der Waals surface area contributed by atoms with Crippen LogP contribution in [0.4, 0.5) is 5.00 Å². The second kappa shape index (κ2) is 9.26. The van der Waals surface area contributed by atoms with Crippen molar-refractivity contribution in [2.45, 2.75) is 39.5 Å². The molecule has 8 heteroatoms. The average molecular weight is 455 g/mol. The Morgan fingerprint density at radius 1 is 1.19 bits per heavy atom. The quantitative estimate of drug-likeness (QED) is 0.527. The molecule has 0 radical (unpaired) electrons. The van der Waals surface area contributed by atoms with Crippen LogP contribution in [-0.2, 0) is 17.6 Å². The number of carbonyl (C=O) groups excluding carboxylic acids is 2. The molecule has 0 aliphatic heterocycles. The average Bonchev–Trinajstić information content (AvgIpc) is 3.34. The minimum atomic E-state index is -0.543. The molecule has 0 atom stereocenters. The Hall–Kier alpha value is -2.97. The Balaban J connectivity index is 1.63. The molecule has 4 rings (SSSR count). The monoisotopic (exact) mass is 454 g/mol. The first-order valence-corrected chi connectivity index (χ1v) is 11.5. The van der Waals surface area contributed by atoms with Gasteiger partial charge in [-0.2, -0.15) is 0 Å². The number of rotatable bonds is 7. The third-order valence-corrected chi connectivity index (χ3v) is 7.03. The Bertz CT molecular complexity index is 1260. The number of aryl methyl sites for hydroxylation is 3. The molecular formula is C24H26N2O5S. The van der Waals surface area contributed by atoms with Crippen LogP contribution in [-0.4, -0.2) is 32.1 Å². The molecule has 0 fully saturated rings. The van der Waals surface area contributed by atoms with Gasteiger partial charge in [-0.3, -0.25) is 14.4 Å². The third-order valence-electron chi connectivity index (χ3n) is 5.83. The van der Waals surface area contributed by atoms with E-state index in [-0.39, 0.29) is 17.1 Å². The largest absolute Gasteiger partial charge is 0.450 e. The summed E-state index contributed by atoms with van der Waals surface area (Å²) in [6, 6.07) is 4.78. The molecule has 0 saturated carbocycles. The van der Waals surface area contributed by atoms with E-state index >= 15 is 0 Å². The fraction of sp³-hybridized carbons (Fsp3) is 0.375. The molecule has 168 valence electrons. The molecule has 3 aromatic rings. The van der Waals surface area contributed by atoms with Crippen molar-refractivity contribution in [3.05, 3.63) is 61.3 Å². The van der Waals surface area contributed by atoms with Crippen LogP contribution >= 0.6 is 11.3 Å². The predicted octanol–water partition coefficient (Wildman–Crippen LogP) is 3.98. The highest BCUT2D eigenvalue weighted by molar-refractivity contribution is 7.17. The molecule has 0 bridgehead atoms. The molecule has 0 saturated heterocycles. The zero-order chi connectivity index (χ0) is 22.8. The summed E-state index contributed by atoms with van der Waals surface area (Å²) in [5.41, 5.74) is 3.45. The fourth-order valence-electron chi connectivity index (χ4n) is 3.97. The van der Waals surface area contributed by atoms with E-state index in [1.54, 1.807) is 13.2 Å². The van der Waals surface area contributed by atoms with E-state index in [4.69, 9.17) is 9.15 Å². The molecule has 0 spiro atoms. The zero-order valence-corrected chi connectivity index (χ0v) is 19.2. The van der Waals surface area contributed by atoms with Crippen LogP contribution in [0.2, 0.25) is 0 Å². The summed E-state index contributed by atoms with van der Waals surface area (Å²) < 4.78 is 10.9. The van der Waals surface area contributed by atoms with Crippen molar-refractivity contribution in [2.75, 3.05) is 25.6 Å². The lowest BCUT2D eigenvalue weighted by molar-refractivity contribution is 0.0949. The minimum Gasteiger partial charge on any atom is -0.450 e. The molecular weight excluding hydrogens is 428 g/mol. The van der Waals surface area contributed by atoms with E-state index < -0.39 is 5.91 Å². The molecule has 2 aromatic heterocycles. The van der Waals surface area contributed by atoms with E-state index in [1.165, 1.54) is 17.4 Å². The van der Waals surface area contributed by atoms with E-state index in [1.807, 2.05) is 19.9 Å². The number of carbonyl (C=O) groups is 2. The van der Waals surface area contributed by atoms with Crippen LogP contribution in [0.15, 0.2) is 27.4 Å². The maximum atomic E-state index is 13.0. The number of thiophene rings is 1. The van der Waals surface area contributed by atoms with Gasteiger partial charge in [0, 0.05) is 31.2 Å². The highest BCUT2D eigenvalue weighted by Crippen LogP contribution is 2.39. The predicted molar refractivity (Wildman–Crippen MR) is 125 cm³/mol. The van der Waals surface area contributed by atoms with Gasteiger partial charge in [-0.1, -0.05) is 6.07 Å². The Labute approximate surface area is 189 Å². The van der Waals surface area contributed by atoms with E-state index in [2.05, 4.69) is 10.6 Å². The van der Waals surface area contributed by atoms with Gasteiger partial charge in [0.1, 0.15) is 10.6 Å². The van der Waals surface area contributed by atoms with Crippen molar-refractivity contribution in [1.82, 2.24) is 5.32 Å². The van der Waals surface area contributed by atoms with Gasteiger partial charge in [-0.25, -0.2) is 0 Å². The van der Waals surface area contributed by atoms with Crippen molar-refractivity contribution >= 4 is 39.1 Å². The number of hydrogen-bond acceptors (Lipinski definition) is 6. The number of amides is 2. The molecule has 7 nitrogen and oxygen atoms in total. The normalized spacial score (nSPS) is 12.7. The maximum absolute atomic E-state index is 13.0. The maximum Gasteiger partial charge on any atom is 0.292 e. The minimum absolute atomic E-state index is 0.0730. The number of anilines is 1. The van der Waals surface area contributed by atoms with Crippen molar-refractivity contribution in [1.29, 1.82) is 0 Å². The summed E-state index contributed by atoms with van der Waals surface area (Å²) in [5.74, 6) is -0.822. The number of fused-ring (bicyclic) bond motifs is 2. The lowest BCUT2D eigenvalue weighted by Crippen LogP contribution is -2.27. The van der Waals surface area contributed by atoms with Crippen LogP contribution in [0.25, 0.3) is 11.0 Å². The van der Waals surface area contributed by atoms with Gasteiger partial charge in [0.15, 0.2) is 11.2 Å². The molecule has 1 aromatic carbocycles. The Morgan fingerprint density at radius 2 is 2.00 bits per heavy atom. The summed E-state index contributed by atoms with van der Waals surface area (Å²) in [4.78, 5) is 39.6. The molecule has 0 unspecified atom stereocenters. The molecule has 2 amide bonds. The first-order valence-electron chi connectivity index (χ1n) is 10.7. The molecule has 1 aliphatic carbocycles. The highest BCUT2D eigenvalue weighted by Gasteiger charge is 2.28. The first-order chi connectivity index (χ1) is 15.4. The number of nitrogens with one attached hydrogen (secondary N) is 2.